The van der Waals surface area contributed by atoms with Crippen molar-refractivity contribution in [1.29, 1.82) is 0 Å². The van der Waals surface area contributed by atoms with Crippen molar-refractivity contribution in [3.8, 4) is 0 Å². The van der Waals surface area contributed by atoms with Gasteiger partial charge in [-0.05, 0) is 41.4 Å². The molecule has 0 amide bonds. The number of thiophene rings is 1. The fraction of sp³-hybridized carbons (Fsp3) is 0.375. The lowest BCUT2D eigenvalue weighted by molar-refractivity contribution is -0.138. The van der Waals surface area contributed by atoms with Gasteiger partial charge >= 0.3 is 5.97 Å². The number of carboxylic acid groups (broad SMARTS) is 1. The Kier molecular flexibility index (Phi) is 4.11. The third kappa shape index (κ3) is 3.03. The first-order chi connectivity index (χ1) is 7.24. The fourth-order valence-corrected chi connectivity index (χ4v) is 4.34. The molecule has 8 heteroatoms. The summed E-state index contributed by atoms with van der Waals surface area (Å²) in [5.41, 5.74) is 0.799. The molecular weight excluding hydrogens is 318 g/mol. The Hall–Kier alpha value is -0.440. The lowest BCUT2D eigenvalue weighted by Gasteiger charge is -2.07. The van der Waals surface area contributed by atoms with Crippen LogP contribution in [-0.2, 0) is 14.8 Å². The van der Waals surface area contributed by atoms with E-state index < -0.39 is 22.0 Å². The van der Waals surface area contributed by atoms with Crippen LogP contribution in [0.5, 0.6) is 0 Å². The van der Waals surface area contributed by atoms with Gasteiger partial charge < -0.3 is 5.11 Å². The summed E-state index contributed by atoms with van der Waals surface area (Å²) in [6.07, 6.45) is 0. The van der Waals surface area contributed by atoms with Gasteiger partial charge in [0.2, 0.25) is 0 Å². The monoisotopic (exact) mass is 327 g/mol. The molecule has 90 valence electrons. The summed E-state index contributed by atoms with van der Waals surface area (Å²) >= 11 is 4.26. The van der Waals surface area contributed by atoms with Gasteiger partial charge in [0, 0.05) is 0 Å². The zero-order chi connectivity index (χ0) is 12.5. The molecule has 16 heavy (non-hydrogen) atoms. The van der Waals surface area contributed by atoms with Crippen molar-refractivity contribution in [2.45, 2.75) is 24.1 Å². The first-order valence-corrected chi connectivity index (χ1v) is 7.34. The molecule has 0 saturated carbocycles. The van der Waals surface area contributed by atoms with Crippen molar-refractivity contribution in [2.24, 2.45) is 0 Å². The second-order valence-electron chi connectivity index (χ2n) is 3.20. The highest BCUT2D eigenvalue weighted by atomic mass is 79.9. The van der Waals surface area contributed by atoms with E-state index in [1.807, 2.05) is 0 Å². The molecule has 0 aliphatic rings. The van der Waals surface area contributed by atoms with Crippen LogP contribution in [-0.4, -0.2) is 25.5 Å². The van der Waals surface area contributed by atoms with Gasteiger partial charge in [-0.3, -0.25) is 4.79 Å². The van der Waals surface area contributed by atoms with E-state index in [2.05, 4.69) is 20.7 Å². The van der Waals surface area contributed by atoms with Crippen LogP contribution in [0.1, 0.15) is 12.5 Å². The second-order valence-corrected chi connectivity index (χ2v) is 7.51. The number of rotatable bonds is 4. The summed E-state index contributed by atoms with van der Waals surface area (Å²) in [6.45, 7) is 3.04. The van der Waals surface area contributed by atoms with Crippen LogP contribution in [0, 0.1) is 6.92 Å². The number of aryl methyl sites for hydroxylation is 1. The van der Waals surface area contributed by atoms with Gasteiger partial charge in [-0.2, -0.15) is 4.72 Å². The number of hydrogen-bond acceptors (Lipinski definition) is 4. The van der Waals surface area contributed by atoms with Gasteiger partial charge in [0.15, 0.2) is 0 Å². The molecule has 0 aromatic carbocycles. The molecule has 5 nitrogen and oxygen atoms in total. The van der Waals surface area contributed by atoms with E-state index in [1.54, 1.807) is 6.92 Å². The summed E-state index contributed by atoms with van der Waals surface area (Å²) in [5.74, 6) is -1.21. The smallest absolute Gasteiger partial charge is 0.321 e. The Bertz CT molecular complexity index is 489. The maximum absolute atomic E-state index is 11.7. The molecule has 1 rings (SSSR count). The number of aliphatic carboxylic acids is 1. The molecule has 1 aromatic heterocycles. The van der Waals surface area contributed by atoms with E-state index in [0.717, 1.165) is 20.7 Å². The van der Waals surface area contributed by atoms with Crippen molar-refractivity contribution >= 4 is 43.3 Å². The van der Waals surface area contributed by atoms with E-state index in [9.17, 15) is 13.2 Å². The van der Waals surface area contributed by atoms with Gasteiger partial charge in [0.1, 0.15) is 10.3 Å². The fourth-order valence-electron chi connectivity index (χ4n) is 0.905. The molecular formula is C8H10BrNO4S2. The van der Waals surface area contributed by atoms with Crippen molar-refractivity contribution in [1.82, 2.24) is 4.72 Å². The zero-order valence-electron chi connectivity index (χ0n) is 8.52. The molecule has 1 heterocycles. The molecule has 0 radical (unpaired) electrons. The lowest BCUT2D eigenvalue weighted by Crippen LogP contribution is -2.37. The minimum atomic E-state index is -3.75. The van der Waals surface area contributed by atoms with Gasteiger partial charge in [-0.1, -0.05) is 0 Å². The standard InChI is InChI=1S/C8H10BrNO4S2/c1-4-3-6(15-7(4)9)16(13,14)10-5(2)8(11)12/h3,5,10H,1-2H3,(H,11,12). The van der Waals surface area contributed by atoms with Crippen molar-refractivity contribution in [2.75, 3.05) is 0 Å². The van der Waals surface area contributed by atoms with Crippen LogP contribution < -0.4 is 4.72 Å². The summed E-state index contributed by atoms with van der Waals surface area (Å²) in [7, 11) is -3.75. The highest BCUT2D eigenvalue weighted by Gasteiger charge is 2.23. The molecule has 0 fully saturated rings. The predicted octanol–water partition coefficient (Wildman–Crippen LogP) is 1.57. The summed E-state index contributed by atoms with van der Waals surface area (Å²) in [4.78, 5) is 10.5. The average Bonchev–Trinajstić information content (AvgIpc) is 2.47. The molecule has 0 spiro atoms. The first kappa shape index (κ1) is 13.6. The molecule has 0 aliphatic heterocycles. The Morgan fingerprint density at radius 2 is 2.19 bits per heavy atom. The number of halogens is 1. The summed E-state index contributed by atoms with van der Waals surface area (Å²) < 4.78 is 26.4. The third-order valence-corrected chi connectivity index (χ3v) is 5.95. The van der Waals surface area contributed by atoms with Crippen LogP contribution in [0.15, 0.2) is 14.1 Å². The quantitative estimate of drug-likeness (QED) is 0.879. The summed E-state index contributed by atoms with van der Waals surface area (Å²) in [6, 6.07) is 0.345. The number of nitrogens with one attached hydrogen (secondary N) is 1. The zero-order valence-corrected chi connectivity index (χ0v) is 11.7. The molecule has 0 aliphatic carbocycles. The van der Waals surface area contributed by atoms with Gasteiger partial charge in [0.25, 0.3) is 10.0 Å². The number of sulfonamides is 1. The van der Waals surface area contributed by atoms with Crippen LogP contribution in [0.3, 0.4) is 0 Å². The van der Waals surface area contributed by atoms with Crippen molar-refractivity contribution < 1.29 is 18.3 Å². The minimum Gasteiger partial charge on any atom is -0.480 e. The number of carbonyl (C=O) groups is 1. The molecule has 1 atom stereocenters. The molecule has 0 bridgehead atoms. The van der Waals surface area contributed by atoms with Crippen LogP contribution >= 0.6 is 27.3 Å². The largest absolute Gasteiger partial charge is 0.480 e. The normalized spacial score (nSPS) is 13.7. The molecule has 1 aromatic rings. The van der Waals surface area contributed by atoms with E-state index in [0.29, 0.717) is 0 Å². The highest BCUT2D eigenvalue weighted by molar-refractivity contribution is 9.11. The van der Waals surface area contributed by atoms with Crippen molar-refractivity contribution in [3.63, 3.8) is 0 Å². The lowest BCUT2D eigenvalue weighted by atomic mass is 10.4. The van der Waals surface area contributed by atoms with Crippen LogP contribution in [0.4, 0.5) is 0 Å². The minimum absolute atomic E-state index is 0.102. The Balaban J connectivity index is 2.99. The molecule has 0 saturated heterocycles. The van der Waals surface area contributed by atoms with Gasteiger partial charge in [-0.25, -0.2) is 8.42 Å². The first-order valence-electron chi connectivity index (χ1n) is 4.25. The van der Waals surface area contributed by atoms with Gasteiger partial charge in [-0.15, -0.1) is 11.3 Å². The summed E-state index contributed by atoms with van der Waals surface area (Å²) in [5, 5.41) is 8.62. The second kappa shape index (κ2) is 4.82. The van der Waals surface area contributed by atoms with E-state index in [-0.39, 0.29) is 4.21 Å². The van der Waals surface area contributed by atoms with Crippen molar-refractivity contribution in [3.05, 3.63) is 15.4 Å². The van der Waals surface area contributed by atoms with E-state index in [1.165, 1.54) is 13.0 Å². The van der Waals surface area contributed by atoms with Crippen LogP contribution in [0.25, 0.3) is 0 Å². The van der Waals surface area contributed by atoms with E-state index in [4.69, 9.17) is 5.11 Å². The predicted molar refractivity (Wildman–Crippen MR) is 64.2 cm³/mol. The Morgan fingerprint density at radius 1 is 1.62 bits per heavy atom. The maximum Gasteiger partial charge on any atom is 0.321 e. The maximum atomic E-state index is 11.7. The third-order valence-electron chi connectivity index (χ3n) is 1.80. The van der Waals surface area contributed by atoms with Gasteiger partial charge in [0.05, 0.1) is 3.79 Å². The molecule has 2 N–H and O–H groups in total. The Morgan fingerprint density at radius 3 is 2.56 bits per heavy atom. The number of hydrogen-bond donors (Lipinski definition) is 2. The SMILES string of the molecule is Cc1cc(S(=O)(=O)NC(C)C(=O)O)sc1Br. The topological polar surface area (TPSA) is 83.5 Å². The molecule has 1 unspecified atom stereocenters. The van der Waals surface area contributed by atoms with E-state index >= 15 is 0 Å². The average molecular weight is 328 g/mol. The van der Waals surface area contributed by atoms with Crippen LogP contribution in [0.2, 0.25) is 0 Å². The Labute approximate surface area is 106 Å². The number of carboxylic acids is 1. The highest BCUT2D eigenvalue weighted by Crippen LogP contribution is 2.30.